The molecule has 0 heterocycles. The molecule has 5 fully saturated rings. The number of carbonyl (C=O) groups excluding carboxylic acids is 1. The molecule has 0 aromatic heterocycles. The van der Waals surface area contributed by atoms with Crippen molar-refractivity contribution in [1.29, 1.82) is 0 Å². The fourth-order valence-electron chi connectivity index (χ4n) is 12.7. The van der Waals surface area contributed by atoms with Crippen LogP contribution in [-0.2, 0) is 14.3 Å². The molecule has 6 heteroatoms. The highest BCUT2D eigenvalue weighted by Gasteiger charge is 2.74. The molecule has 0 aliphatic heterocycles. The first kappa shape index (κ1) is 32.3. The summed E-state index contributed by atoms with van der Waals surface area (Å²) in [7, 11) is 0. The average molecular weight is 619 g/mol. The number of aliphatic hydroxyl groups excluding tert-OH is 1. The molecule has 5 saturated carbocycles. The Kier molecular flexibility index (Phi) is 7.90. The lowest BCUT2D eigenvalue weighted by Gasteiger charge is -2.72. The number of benzene rings is 1. The average Bonchev–Trinajstić information content (AvgIpc) is 3.38. The van der Waals surface area contributed by atoms with Crippen LogP contribution in [-0.4, -0.2) is 40.0 Å². The predicted molar refractivity (Wildman–Crippen MR) is 175 cm³/mol. The number of carbonyl (C=O) groups is 2. The molecule has 0 spiro atoms. The molecule has 5 aliphatic rings. The molecule has 1 aromatic carbocycles. The van der Waals surface area contributed by atoms with Crippen LogP contribution in [0.25, 0.3) is 6.08 Å². The van der Waals surface area contributed by atoms with Crippen LogP contribution in [0.4, 0.5) is 0 Å². The fraction of sp³-hybridized carbons (Fsp3) is 0.692. The van der Waals surface area contributed by atoms with E-state index in [1.807, 2.05) is 0 Å². The maximum atomic E-state index is 13.9. The Morgan fingerprint density at radius 3 is 2.31 bits per heavy atom. The van der Waals surface area contributed by atoms with Gasteiger partial charge in [0.25, 0.3) is 0 Å². The van der Waals surface area contributed by atoms with Gasteiger partial charge in [0.2, 0.25) is 0 Å². The molecule has 0 amide bonds. The Bertz CT molecular complexity index is 1380. The van der Waals surface area contributed by atoms with E-state index in [9.17, 15) is 24.9 Å². The highest BCUT2D eigenvalue weighted by atomic mass is 16.5. The minimum absolute atomic E-state index is 0.000476. The Hall–Kier alpha value is -2.60. The number of allylic oxidation sites excluding steroid dienone is 1. The molecule has 10 atom stereocenters. The second kappa shape index (κ2) is 11.0. The van der Waals surface area contributed by atoms with E-state index in [0.717, 1.165) is 68.9 Å². The van der Waals surface area contributed by atoms with Crippen LogP contribution in [0.1, 0.15) is 104 Å². The molecular weight excluding hydrogens is 564 g/mol. The van der Waals surface area contributed by atoms with E-state index in [0.29, 0.717) is 24.9 Å². The fourth-order valence-corrected chi connectivity index (χ4v) is 12.7. The second-order valence-electron chi connectivity index (χ2n) is 16.8. The maximum absolute atomic E-state index is 13.9. The summed E-state index contributed by atoms with van der Waals surface area (Å²) < 4.78 is 6.01. The third kappa shape index (κ3) is 4.66. The molecule has 45 heavy (non-hydrogen) atoms. The standard InChI is InChI=1S/C39H54O6/c1-24(2)27-15-20-38(23-45-32(42)14-9-25-7-10-26(40)11-8-25)21-22-39(34(43)44)28(33(27)38)12-13-30-36(5)18-17-31(41)35(3,4)29(36)16-19-37(30,39)6/h7-11,14,27-31,33,40-41H,1,12-13,15-23H2,2-6H3,(H,43,44)/b14-9+/t27-,28+,29-,30+,31?,33+,36-,37+,38+,39+/m0/s1. The molecule has 6 nitrogen and oxygen atoms in total. The quantitative estimate of drug-likeness (QED) is 0.169. The number of phenolic OH excluding ortho intramolecular Hbond substituents is 1. The zero-order valence-corrected chi connectivity index (χ0v) is 28.0. The maximum Gasteiger partial charge on any atom is 0.330 e. The van der Waals surface area contributed by atoms with Crippen LogP contribution >= 0.6 is 0 Å². The van der Waals surface area contributed by atoms with Crippen LogP contribution in [0.3, 0.4) is 0 Å². The van der Waals surface area contributed by atoms with Crippen molar-refractivity contribution >= 4 is 18.0 Å². The van der Waals surface area contributed by atoms with E-state index in [-0.39, 0.29) is 51.3 Å². The lowest BCUT2D eigenvalue weighted by Crippen LogP contribution is -2.69. The van der Waals surface area contributed by atoms with Crippen molar-refractivity contribution in [2.75, 3.05) is 6.61 Å². The number of aromatic hydroxyl groups is 1. The van der Waals surface area contributed by atoms with Gasteiger partial charge in [-0.25, -0.2) is 4.79 Å². The van der Waals surface area contributed by atoms with Crippen LogP contribution in [0.5, 0.6) is 5.75 Å². The normalized spacial score (nSPS) is 43.4. The summed E-state index contributed by atoms with van der Waals surface area (Å²) in [5.74, 6) is 0.152. The minimum atomic E-state index is -0.834. The third-order valence-electron chi connectivity index (χ3n) is 14.8. The number of aliphatic hydroxyl groups is 1. The van der Waals surface area contributed by atoms with Crippen molar-refractivity contribution < 1.29 is 29.6 Å². The van der Waals surface area contributed by atoms with Gasteiger partial charge >= 0.3 is 11.9 Å². The third-order valence-corrected chi connectivity index (χ3v) is 14.8. The highest BCUT2D eigenvalue weighted by molar-refractivity contribution is 5.87. The Morgan fingerprint density at radius 2 is 1.64 bits per heavy atom. The van der Waals surface area contributed by atoms with Gasteiger partial charge in [0, 0.05) is 11.5 Å². The monoisotopic (exact) mass is 618 g/mol. The number of hydrogen-bond acceptors (Lipinski definition) is 5. The summed E-state index contributed by atoms with van der Waals surface area (Å²) in [6.07, 6.45) is 11.5. The zero-order chi connectivity index (χ0) is 32.6. The van der Waals surface area contributed by atoms with Crippen molar-refractivity contribution in [3.8, 4) is 5.75 Å². The summed E-state index contributed by atoms with van der Waals surface area (Å²) >= 11 is 0. The zero-order valence-electron chi connectivity index (χ0n) is 28.0. The summed E-state index contributed by atoms with van der Waals surface area (Å²) in [6, 6.07) is 6.66. The number of carboxylic acids is 1. The number of esters is 1. The van der Waals surface area contributed by atoms with E-state index in [4.69, 9.17) is 4.74 Å². The molecule has 1 aromatic rings. The molecule has 3 N–H and O–H groups in total. The molecule has 0 bridgehead atoms. The Balaban J connectivity index is 1.32. The molecule has 1 unspecified atom stereocenters. The number of ether oxygens (including phenoxy) is 1. The minimum Gasteiger partial charge on any atom is -0.508 e. The van der Waals surface area contributed by atoms with Gasteiger partial charge in [0.15, 0.2) is 0 Å². The Morgan fingerprint density at radius 1 is 0.933 bits per heavy atom. The molecule has 246 valence electrons. The van der Waals surface area contributed by atoms with Gasteiger partial charge in [0.05, 0.1) is 18.1 Å². The molecular formula is C39H54O6. The SMILES string of the molecule is C=C(C)[C@@H]1CC[C@]2(COC(=O)/C=C/c3ccc(O)cc3)CC[C@]3(C(=O)O)[C@H](CC[C@@H]4[C@@]5(C)CCC(O)C(C)(C)[C@@H]5CC[C@]43C)[C@@H]12. The first-order chi connectivity index (χ1) is 21.1. The van der Waals surface area contributed by atoms with Gasteiger partial charge in [-0.2, -0.15) is 0 Å². The van der Waals surface area contributed by atoms with Gasteiger partial charge < -0.3 is 20.1 Å². The smallest absolute Gasteiger partial charge is 0.330 e. The number of hydrogen-bond donors (Lipinski definition) is 3. The van der Waals surface area contributed by atoms with E-state index >= 15 is 0 Å². The largest absolute Gasteiger partial charge is 0.508 e. The summed E-state index contributed by atoms with van der Waals surface area (Å²) in [6.45, 7) is 16.0. The number of fused-ring (bicyclic) bond motifs is 7. The van der Waals surface area contributed by atoms with E-state index in [1.165, 1.54) is 6.08 Å². The summed E-state index contributed by atoms with van der Waals surface area (Å²) in [5, 5.41) is 32.0. The summed E-state index contributed by atoms with van der Waals surface area (Å²) in [4.78, 5) is 26.9. The number of aliphatic carboxylic acids is 1. The lowest BCUT2D eigenvalue weighted by molar-refractivity contribution is -0.256. The van der Waals surface area contributed by atoms with Crippen molar-refractivity contribution in [1.82, 2.24) is 0 Å². The van der Waals surface area contributed by atoms with E-state index in [2.05, 4.69) is 41.2 Å². The van der Waals surface area contributed by atoms with Gasteiger partial charge in [-0.1, -0.05) is 52.0 Å². The molecule has 5 aliphatic carbocycles. The lowest BCUT2D eigenvalue weighted by atomic mass is 9.32. The molecule has 0 radical (unpaired) electrons. The van der Waals surface area contributed by atoms with Gasteiger partial charge in [-0.15, -0.1) is 0 Å². The number of carboxylic acid groups (broad SMARTS) is 1. The highest BCUT2D eigenvalue weighted by Crippen LogP contribution is 2.77. The predicted octanol–water partition coefficient (Wildman–Crippen LogP) is 8.03. The molecule has 6 rings (SSSR count). The van der Waals surface area contributed by atoms with E-state index in [1.54, 1.807) is 30.3 Å². The summed E-state index contributed by atoms with van der Waals surface area (Å²) in [5.41, 5.74) is 0.310. The van der Waals surface area contributed by atoms with Crippen molar-refractivity contribution in [3.05, 3.63) is 48.1 Å². The topological polar surface area (TPSA) is 104 Å². The first-order valence-corrected chi connectivity index (χ1v) is 17.3. The van der Waals surface area contributed by atoms with Gasteiger partial charge in [-0.05, 0) is 141 Å². The number of phenols is 1. The van der Waals surface area contributed by atoms with Gasteiger partial charge in [0.1, 0.15) is 5.75 Å². The molecule has 0 saturated heterocycles. The van der Waals surface area contributed by atoms with Crippen LogP contribution in [0.2, 0.25) is 0 Å². The van der Waals surface area contributed by atoms with Crippen LogP contribution in [0, 0.1) is 56.7 Å². The Labute approximate surface area is 269 Å². The van der Waals surface area contributed by atoms with Crippen molar-refractivity contribution in [2.24, 2.45) is 56.7 Å². The van der Waals surface area contributed by atoms with Crippen molar-refractivity contribution in [3.63, 3.8) is 0 Å². The first-order valence-electron chi connectivity index (χ1n) is 17.3. The van der Waals surface area contributed by atoms with E-state index < -0.39 is 17.4 Å². The van der Waals surface area contributed by atoms with Crippen LogP contribution in [0.15, 0.2) is 42.5 Å². The van der Waals surface area contributed by atoms with Crippen molar-refractivity contribution in [2.45, 2.75) is 105 Å². The number of rotatable bonds is 6. The van der Waals surface area contributed by atoms with Crippen LogP contribution < -0.4 is 0 Å². The second-order valence-corrected chi connectivity index (χ2v) is 16.8. The van der Waals surface area contributed by atoms with Gasteiger partial charge in [-0.3, -0.25) is 4.79 Å².